The molecule has 21 heavy (non-hydrogen) atoms. The Labute approximate surface area is 126 Å². The van der Waals surface area contributed by atoms with Crippen LogP contribution in [0.15, 0.2) is 30.5 Å². The van der Waals surface area contributed by atoms with E-state index in [0.29, 0.717) is 10.8 Å². The van der Waals surface area contributed by atoms with E-state index in [-0.39, 0.29) is 11.9 Å². The Morgan fingerprint density at radius 1 is 1.33 bits per heavy atom. The maximum Gasteiger partial charge on any atom is 0.275 e. The van der Waals surface area contributed by atoms with Crippen LogP contribution in [0, 0.1) is 6.92 Å². The van der Waals surface area contributed by atoms with Crippen molar-refractivity contribution in [2.75, 3.05) is 5.32 Å². The zero-order valence-electron chi connectivity index (χ0n) is 12.1. The van der Waals surface area contributed by atoms with Gasteiger partial charge in [-0.3, -0.25) is 14.8 Å². The summed E-state index contributed by atoms with van der Waals surface area (Å²) in [5.41, 5.74) is 2.63. The van der Waals surface area contributed by atoms with Gasteiger partial charge >= 0.3 is 0 Å². The van der Waals surface area contributed by atoms with E-state index in [9.17, 15) is 4.79 Å². The molecule has 0 fully saturated rings. The monoisotopic (exact) mass is 300 g/mol. The predicted octanol–water partition coefficient (Wildman–Crippen LogP) is 3.63. The van der Waals surface area contributed by atoms with E-state index in [0.717, 1.165) is 10.2 Å². The van der Waals surface area contributed by atoms with Gasteiger partial charge in [-0.05, 0) is 44.5 Å². The Bertz CT molecular complexity index is 803. The number of amides is 1. The van der Waals surface area contributed by atoms with Crippen molar-refractivity contribution in [2.45, 2.75) is 26.8 Å². The van der Waals surface area contributed by atoms with Crippen LogP contribution in [0.1, 0.15) is 35.9 Å². The number of fused-ring (bicyclic) bond motifs is 1. The number of thiazole rings is 1. The molecule has 1 amide bonds. The first-order chi connectivity index (χ1) is 10.0. The maximum absolute atomic E-state index is 12.3. The highest BCUT2D eigenvalue weighted by Crippen LogP contribution is 2.27. The standard InChI is InChI=1S/C15H16N4OS/c1-9(2)19-12(6-7-16-19)14(20)18-15-17-11-5-4-10(3)8-13(11)21-15/h4-9H,1-3H3,(H,17,18,20). The van der Waals surface area contributed by atoms with Crippen LogP contribution < -0.4 is 5.32 Å². The van der Waals surface area contributed by atoms with E-state index in [4.69, 9.17) is 0 Å². The first-order valence-corrected chi connectivity index (χ1v) is 7.58. The quantitative estimate of drug-likeness (QED) is 0.803. The second-order valence-corrected chi connectivity index (χ2v) is 6.23. The van der Waals surface area contributed by atoms with Crippen LogP contribution >= 0.6 is 11.3 Å². The summed E-state index contributed by atoms with van der Waals surface area (Å²) in [6.45, 7) is 6.02. The lowest BCUT2D eigenvalue weighted by atomic mass is 10.2. The van der Waals surface area contributed by atoms with Crippen molar-refractivity contribution in [3.63, 3.8) is 0 Å². The number of aromatic nitrogens is 3. The summed E-state index contributed by atoms with van der Waals surface area (Å²) in [7, 11) is 0. The summed E-state index contributed by atoms with van der Waals surface area (Å²) in [6.07, 6.45) is 1.64. The number of nitrogens with zero attached hydrogens (tertiary/aromatic N) is 3. The fourth-order valence-corrected chi connectivity index (χ4v) is 3.11. The topological polar surface area (TPSA) is 59.8 Å². The van der Waals surface area contributed by atoms with E-state index in [2.05, 4.69) is 21.5 Å². The minimum absolute atomic E-state index is 0.138. The summed E-state index contributed by atoms with van der Waals surface area (Å²) in [5.74, 6) is -0.183. The van der Waals surface area contributed by atoms with Crippen LogP contribution in [0.3, 0.4) is 0 Å². The Hall–Kier alpha value is -2.21. The smallest absolute Gasteiger partial charge is 0.275 e. The van der Waals surface area contributed by atoms with Crippen LogP contribution in [0.5, 0.6) is 0 Å². The third-order valence-corrected chi connectivity index (χ3v) is 4.09. The highest BCUT2D eigenvalue weighted by atomic mass is 32.1. The molecule has 0 radical (unpaired) electrons. The summed E-state index contributed by atoms with van der Waals surface area (Å²) in [4.78, 5) is 16.8. The van der Waals surface area contributed by atoms with Gasteiger partial charge in [0.05, 0.1) is 10.2 Å². The van der Waals surface area contributed by atoms with Gasteiger partial charge < -0.3 is 0 Å². The first-order valence-electron chi connectivity index (χ1n) is 6.76. The molecule has 2 aromatic heterocycles. The fraction of sp³-hybridized carbons (Fsp3) is 0.267. The summed E-state index contributed by atoms with van der Waals surface area (Å²) < 4.78 is 2.77. The van der Waals surface area contributed by atoms with E-state index >= 15 is 0 Å². The summed E-state index contributed by atoms with van der Waals surface area (Å²) in [5, 5.41) is 7.64. The molecule has 0 spiro atoms. The van der Waals surface area contributed by atoms with E-state index < -0.39 is 0 Å². The van der Waals surface area contributed by atoms with Crippen molar-refractivity contribution >= 4 is 32.6 Å². The van der Waals surface area contributed by atoms with Crippen LogP contribution in [0.2, 0.25) is 0 Å². The number of carbonyl (C=O) groups excluding carboxylic acids is 1. The van der Waals surface area contributed by atoms with Gasteiger partial charge in [-0.1, -0.05) is 17.4 Å². The number of carbonyl (C=O) groups is 1. The third kappa shape index (κ3) is 2.67. The molecule has 2 heterocycles. The number of aryl methyl sites for hydroxylation is 1. The maximum atomic E-state index is 12.3. The highest BCUT2D eigenvalue weighted by Gasteiger charge is 2.15. The lowest BCUT2D eigenvalue weighted by Crippen LogP contribution is -2.18. The molecule has 0 aliphatic rings. The SMILES string of the molecule is Cc1ccc2nc(NC(=O)c3ccnn3C(C)C)sc2c1. The largest absolute Gasteiger partial charge is 0.296 e. The highest BCUT2D eigenvalue weighted by molar-refractivity contribution is 7.22. The van der Waals surface area contributed by atoms with Gasteiger partial charge in [-0.15, -0.1) is 0 Å². The molecule has 0 saturated heterocycles. The van der Waals surface area contributed by atoms with Crippen molar-refractivity contribution in [2.24, 2.45) is 0 Å². The van der Waals surface area contributed by atoms with Crippen molar-refractivity contribution in [1.82, 2.24) is 14.8 Å². The fourth-order valence-electron chi connectivity index (χ4n) is 2.15. The number of hydrogen-bond acceptors (Lipinski definition) is 4. The van der Waals surface area contributed by atoms with Crippen molar-refractivity contribution < 1.29 is 4.79 Å². The Morgan fingerprint density at radius 2 is 2.14 bits per heavy atom. The van der Waals surface area contributed by atoms with Gasteiger partial charge in [-0.25, -0.2) is 4.98 Å². The van der Waals surface area contributed by atoms with E-state index in [1.165, 1.54) is 16.9 Å². The number of anilines is 1. The Morgan fingerprint density at radius 3 is 2.90 bits per heavy atom. The van der Waals surface area contributed by atoms with Gasteiger partial charge in [-0.2, -0.15) is 5.10 Å². The molecule has 6 heteroatoms. The minimum Gasteiger partial charge on any atom is -0.296 e. The number of benzene rings is 1. The number of hydrogen-bond donors (Lipinski definition) is 1. The molecule has 0 unspecified atom stereocenters. The van der Waals surface area contributed by atoms with Crippen LogP contribution in [-0.2, 0) is 0 Å². The van der Waals surface area contributed by atoms with E-state index in [1.807, 2.05) is 32.9 Å². The molecular formula is C15H16N4OS. The lowest BCUT2D eigenvalue weighted by molar-refractivity contribution is 0.101. The van der Waals surface area contributed by atoms with Gasteiger partial charge in [0.25, 0.3) is 5.91 Å². The zero-order chi connectivity index (χ0) is 15.0. The van der Waals surface area contributed by atoms with Gasteiger partial charge in [0, 0.05) is 12.2 Å². The molecule has 1 N–H and O–H groups in total. The lowest BCUT2D eigenvalue weighted by Gasteiger charge is -2.09. The number of nitrogens with one attached hydrogen (secondary N) is 1. The normalized spacial score (nSPS) is 11.2. The zero-order valence-corrected chi connectivity index (χ0v) is 12.9. The van der Waals surface area contributed by atoms with Crippen LogP contribution in [-0.4, -0.2) is 20.7 Å². The summed E-state index contributed by atoms with van der Waals surface area (Å²) in [6, 6.07) is 7.91. The van der Waals surface area contributed by atoms with Gasteiger partial charge in [0.1, 0.15) is 5.69 Å². The Kier molecular flexibility index (Phi) is 3.47. The second kappa shape index (κ2) is 5.29. The molecule has 0 atom stereocenters. The minimum atomic E-state index is -0.183. The molecule has 0 bridgehead atoms. The molecule has 108 valence electrons. The molecule has 5 nitrogen and oxygen atoms in total. The molecule has 0 aliphatic heterocycles. The Balaban J connectivity index is 1.87. The van der Waals surface area contributed by atoms with Crippen LogP contribution in [0.4, 0.5) is 5.13 Å². The summed E-state index contributed by atoms with van der Waals surface area (Å²) >= 11 is 1.48. The van der Waals surface area contributed by atoms with Crippen LogP contribution in [0.25, 0.3) is 10.2 Å². The van der Waals surface area contributed by atoms with Crippen molar-refractivity contribution in [1.29, 1.82) is 0 Å². The average molecular weight is 300 g/mol. The van der Waals surface area contributed by atoms with Gasteiger partial charge in [0.2, 0.25) is 0 Å². The van der Waals surface area contributed by atoms with Crippen molar-refractivity contribution in [3.8, 4) is 0 Å². The molecule has 3 rings (SSSR count). The molecule has 0 aliphatic carbocycles. The van der Waals surface area contributed by atoms with E-state index in [1.54, 1.807) is 16.9 Å². The molecule has 1 aromatic carbocycles. The third-order valence-electron chi connectivity index (χ3n) is 3.16. The molecule has 0 saturated carbocycles. The molecular weight excluding hydrogens is 284 g/mol. The first kappa shape index (κ1) is 13.8. The average Bonchev–Trinajstić information content (AvgIpc) is 3.03. The number of rotatable bonds is 3. The molecule has 3 aromatic rings. The van der Waals surface area contributed by atoms with Crippen molar-refractivity contribution in [3.05, 3.63) is 41.7 Å². The second-order valence-electron chi connectivity index (χ2n) is 5.20. The predicted molar refractivity (Wildman–Crippen MR) is 84.9 cm³/mol. The van der Waals surface area contributed by atoms with Gasteiger partial charge in [0.15, 0.2) is 5.13 Å².